The van der Waals surface area contributed by atoms with Gasteiger partial charge in [0.2, 0.25) is 5.91 Å². The molecule has 0 saturated carbocycles. The van der Waals surface area contributed by atoms with Crippen molar-refractivity contribution in [2.75, 3.05) is 51.7 Å². The van der Waals surface area contributed by atoms with E-state index in [1.54, 1.807) is 12.2 Å². The van der Waals surface area contributed by atoms with Crippen LogP contribution in [0.4, 0.5) is 5.82 Å². The van der Waals surface area contributed by atoms with Gasteiger partial charge in [-0.15, -0.1) is 0 Å². The summed E-state index contributed by atoms with van der Waals surface area (Å²) in [7, 11) is 0. The summed E-state index contributed by atoms with van der Waals surface area (Å²) in [6.07, 6.45) is 7.36. The number of aromatic nitrogens is 3. The Morgan fingerprint density at radius 3 is 2.60 bits per heavy atom. The quantitative estimate of drug-likeness (QED) is 0.147. The number of amides is 1. The first-order valence-corrected chi connectivity index (χ1v) is 15.5. The number of ether oxygens (including phenoxy) is 2. The Kier molecular flexibility index (Phi) is 9.71. The second-order valence-electron chi connectivity index (χ2n) is 11.2. The molecule has 10 nitrogen and oxygen atoms in total. The SMILES string of the molecule is Nc1ncnc2c1c(-c1ccc(Oc3ccccc3)cc1)c(C#CC1CCN(C(=O)/C=C/CNCCO)CC1)n2[C@@H]1CCOC1. The highest BCUT2D eigenvalue weighted by atomic mass is 16.5. The number of anilines is 1. The van der Waals surface area contributed by atoms with Crippen LogP contribution in [0.5, 0.6) is 11.5 Å². The Balaban J connectivity index is 1.29. The van der Waals surface area contributed by atoms with E-state index in [0.29, 0.717) is 45.2 Å². The van der Waals surface area contributed by atoms with Gasteiger partial charge < -0.3 is 35.1 Å². The van der Waals surface area contributed by atoms with E-state index in [1.165, 1.54) is 6.33 Å². The summed E-state index contributed by atoms with van der Waals surface area (Å²) in [6.45, 7) is 3.69. The zero-order valence-corrected chi connectivity index (χ0v) is 25.2. The van der Waals surface area contributed by atoms with Crippen LogP contribution in [0.1, 0.15) is 31.0 Å². The van der Waals surface area contributed by atoms with E-state index in [2.05, 4.69) is 31.7 Å². The number of fused-ring (bicyclic) bond motifs is 1. The average Bonchev–Trinajstić information content (AvgIpc) is 3.71. The smallest absolute Gasteiger partial charge is 0.246 e. The van der Waals surface area contributed by atoms with Gasteiger partial charge in [-0.25, -0.2) is 9.97 Å². The van der Waals surface area contributed by atoms with Crippen LogP contribution in [-0.2, 0) is 9.53 Å². The maximum atomic E-state index is 12.6. The highest BCUT2D eigenvalue weighted by molar-refractivity contribution is 6.03. The number of nitrogens with one attached hydrogen (secondary N) is 1. The maximum Gasteiger partial charge on any atom is 0.246 e. The lowest BCUT2D eigenvalue weighted by molar-refractivity contribution is -0.127. The molecule has 4 N–H and O–H groups in total. The van der Waals surface area contributed by atoms with Crippen molar-refractivity contribution < 1.29 is 19.4 Å². The second-order valence-corrected chi connectivity index (χ2v) is 11.2. The highest BCUT2D eigenvalue weighted by Crippen LogP contribution is 2.40. The van der Waals surface area contributed by atoms with E-state index in [1.807, 2.05) is 59.5 Å². The molecule has 45 heavy (non-hydrogen) atoms. The second kappa shape index (κ2) is 14.4. The fraction of sp³-hybridized carbons (Fsp3) is 0.343. The van der Waals surface area contributed by atoms with Gasteiger partial charge in [0.05, 0.1) is 24.6 Å². The van der Waals surface area contributed by atoms with Crippen LogP contribution in [0.3, 0.4) is 0 Å². The minimum atomic E-state index is 0.00425. The third-order valence-corrected chi connectivity index (χ3v) is 8.22. The summed E-state index contributed by atoms with van der Waals surface area (Å²) in [5.41, 5.74) is 9.98. The minimum absolute atomic E-state index is 0.00425. The van der Waals surface area contributed by atoms with Crippen LogP contribution in [0.15, 0.2) is 73.1 Å². The van der Waals surface area contributed by atoms with E-state index in [0.717, 1.165) is 58.6 Å². The molecule has 0 radical (unpaired) electrons. The number of hydrogen-bond acceptors (Lipinski definition) is 8. The molecule has 2 aromatic carbocycles. The number of aliphatic hydroxyl groups is 1. The first-order valence-electron chi connectivity index (χ1n) is 15.5. The van der Waals surface area contributed by atoms with Crippen molar-refractivity contribution in [1.82, 2.24) is 24.8 Å². The normalized spacial score (nSPS) is 17.1. The van der Waals surface area contributed by atoms with Gasteiger partial charge in [-0.05, 0) is 55.0 Å². The largest absolute Gasteiger partial charge is 0.457 e. The van der Waals surface area contributed by atoms with Gasteiger partial charge in [-0.1, -0.05) is 42.3 Å². The van der Waals surface area contributed by atoms with Gasteiger partial charge >= 0.3 is 0 Å². The molecule has 1 amide bonds. The van der Waals surface area contributed by atoms with Gasteiger partial charge in [0.1, 0.15) is 35.0 Å². The number of carbonyl (C=O) groups is 1. The van der Waals surface area contributed by atoms with Crippen LogP contribution in [0.2, 0.25) is 0 Å². The standard InChI is InChI=1S/C35H38N6O4/c36-34-33-32(26-9-11-29(12-10-26)45-28-5-2-1-3-6-28)30(41(27-16-22-44-23-27)35(33)39-24-38-34)13-8-25-14-19-40(20-15-25)31(43)7-4-17-37-18-21-42/h1-7,9-12,24-25,27,37,42H,14-23H2,(H2,36,38,39)/b7-4+/t27-/m1/s1. The van der Waals surface area contributed by atoms with Gasteiger partial charge in [-0.3, -0.25) is 4.79 Å². The summed E-state index contributed by atoms with van der Waals surface area (Å²) in [6, 6.07) is 17.7. The number of nitrogen functional groups attached to an aromatic ring is 1. The van der Waals surface area contributed by atoms with Crippen molar-refractivity contribution in [3.63, 3.8) is 0 Å². The van der Waals surface area contributed by atoms with Crippen molar-refractivity contribution in [1.29, 1.82) is 0 Å². The van der Waals surface area contributed by atoms with E-state index < -0.39 is 0 Å². The van der Waals surface area contributed by atoms with E-state index in [4.69, 9.17) is 20.3 Å². The lowest BCUT2D eigenvalue weighted by atomic mass is 9.96. The molecule has 2 fully saturated rings. The molecule has 2 aromatic heterocycles. The maximum absolute atomic E-state index is 12.6. The molecule has 10 heteroatoms. The number of hydrogen-bond donors (Lipinski definition) is 3. The molecule has 4 heterocycles. The zero-order chi connectivity index (χ0) is 31.0. The molecule has 2 saturated heterocycles. The number of benzene rings is 2. The van der Waals surface area contributed by atoms with Gasteiger partial charge in [-0.2, -0.15) is 0 Å². The number of carbonyl (C=O) groups excluding carboxylic acids is 1. The summed E-state index contributed by atoms with van der Waals surface area (Å²) >= 11 is 0. The predicted molar refractivity (Wildman–Crippen MR) is 174 cm³/mol. The molecule has 232 valence electrons. The van der Waals surface area contributed by atoms with Gasteiger partial charge in [0.15, 0.2) is 0 Å². The fourth-order valence-corrected chi connectivity index (χ4v) is 5.90. The summed E-state index contributed by atoms with van der Waals surface area (Å²) in [5, 5.41) is 12.7. The predicted octanol–water partition coefficient (Wildman–Crippen LogP) is 4.16. The topological polar surface area (TPSA) is 128 Å². The van der Waals surface area contributed by atoms with Gasteiger partial charge in [0.25, 0.3) is 0 Å². The lowest BCUT2D eigenvalue weighted by Gasteiger charge is -2.29. The molecule has 2 aliphatic heterocycles. The Labute approximate surface area is 262 Å². The molecule has 0 bridgehead atoms. The van der Waals surface area contributed by atoms with Crippen LogP contribution in [-0.4, -0.2) is 76.4 Å². The van der Waals surface area contributed by atoms with Crippen molar-refractivity contribution in [3.8, 4) is 34.5 Å². The number of para-hydroxylation sites is 1. The van der Waals surface area contributed by atoms with E-state index >= 15 is 0 Å². The number of likely N-dealkylation sites (tertiary alicyclic amines) is 1. The zero-order valence-electron chi connectivity index (χ0n) is 25.2. The summed E-state index contributed by atoms with van der Waals surface area (Å²) < 4.78 is 14.0. The molecule has 0 unspecified atom stereocenters. The summed E-state index contributed by atoms with van der Waals surface area (Å²) in [5.74, 6) is 9.16. The Morgan fingerprint density at radius 1 is 1.09 bits per heavy atom. The number of piperidine rings is 1. The average molecular weight is 607 g/mol. The molecule has 2 aliphatic rings. The molecule has 1 atom stereocenters. The van der Waals surface area contributed by atoms with Crippen LogP contribution in [0.25, 0.3) is 22.2 Å². The van der Waals surface area contributed by atoms with E-state index in [-0.39, 0.29) is 24.5 Å². The number of rotatable bonds is 9. The summed E-state index contributed by atoms with van der Waals surface area (Å²) in [4.78, 5) is 23.6. The number of aliphatic hydroxyl groups excluding tert-OH is 1. The number of nitrogens with two attached hydrogens (primary N) is 1. The van der Waals surface area contributed by atoms with Crippen molar-refractivity contribution in [2.24, 2.45) is 5.92 Å². The Bertz CT molecular complexity index is 1690. The van der Waals surface area contributed by atoms with Crippen molar-refractivity contribution >= 4 is 22.8 Å². The molecule has 6 rings (SSSR count). The number of nitrogens with zero attached hydrogens (tertiary/aromatic N) is 4. The van der Waals surface area contributed by atoms with Gasteiger partial charge in [0, 0.05) is 50.3 Å². The third kappa shape index (κ3) is 7.02. The highest BCUT2D eigenvalue weighted by Gasteiger charge is 2.28. The molecular weight excluding hydrogens is 568 g/mol. The van der Waals surface area contributed by atoms with Crippen LogP contribution < -0.4 is 15.8 Å². The fourth-order valence-electron chi connectivity index (χ4n) is 5.90. The van der Waals surface area contributed by atoms with Crippen LogP contribution in [0, 0.1) is 17.8 Å². The Hall–Kier alpha value is -4.69. The molecule has 0 spiro atoms. The van der Waals surface area contributed by atoms with Crippen molar-refractivity contribution in [3.05, 3.63) is 78.8 Å². The molecule has 0 aliphatic carbocycles. The molecular formula is C35H38N6O4. The minimum Gasteiger partial charge on any atom is -0.457 e. The van der Waals surface area contributed by atoms with Crippen LogP contribution >= 0.6 is 0 Å². The molecule has 4 aromatic rings. The van der Waals surface area contributed by atoms with E-state index in [9.17, 15) is 4.79 Å². The Morgan fingerprint density at radius 2 is 1.87 bits per heavy atom. The van der Waals surface area contributed by atoms with Crippen molar-refractivity contribution in [2.45, 2.75) is 25.3 Å². The lowest BCUT2D eigenvalue weighted by Crippen LogP contribution is -2.37. The third-order valence-electron chi connectivity index (χ3n) is 8.22. The first-order chi connectivity index (χ1) is 22.1. The monoisotopic (exact) mass is 606 g/mol. The first kappa shape index (κ1) is 30.3.